The fourth-order valence-electron chi connectivity index (χ4n) is 4.47. The van der Waals surface area contributed by atoms with Gasteiger partial charge in [0.15, 0.2) is 11.6 Å². The van der Waals surface area contributed by atoms with Gasteiger partial charge in [0.2, 0.25) is 11.9 Å². The standard InChI is InChI=1S/C24H26N8O/c1-15-6-2-3-7-17(15)25-23(33)20-9-4-12-31(20)24-27-22(19-8-5-13-32(19)30-24)26-21-14-18(28-29-21)16-10-11-16/h2-3,5-8,13-14,16,20H,4,9-12H2,1H3,(H,25,33)(H2,26,27,28,29,30). The Hall–Kier alpha value is -3.88. The van der Waals surface area contributed by atoms with Gasteiger partial charge in [0.05, 0.1) is 0 Å². The molecule has 4 heterocycles. The zero-order valence-corrected chi connectivity index (χ0v) is 18.5. The van der Waals surface area contributed by atoms with E-state index in [-0.39, 0.29) is 11.9 Å². The van der Waals surface area contributed by atoms with Gasteiger partial charge in [-0.1, -0.05) is 18.2 Å². The molecule has 1 aromatic carbocycles. The number of amides is 1. The maximum absolute atomic E-state index is 13.2. The number of aromatic nitrogens is 5. The van der Waals surface area contributed by atoms with E-state index in [0.29, 0.717) is 17.7 Å². The molecule has 1 aliphatic carbocycles. The number of hydrogen-bond donors (Lipinski definition) is 3. The van der Waals surface area contributed by atoms with E-state index in [1.165, 1.54) is 12.8 Å². The van der Waals surface area contributed by atoms with Crippen LogP contribution in [0.4, 0.5) is 23.3 Å². The van der Waals surface area contributed by atoms with E-state index in [2.05, 4.69) is 20.8 Å². The SMILES string of the molecule is Cc1ccccc1NC(=O)C1CCCN1c1nc(Nc2cc(C3CC3)[nH]n2)c2cccn2n1. The van der Waals surface area contributed by atoms with E-state index in [4.69, 9.17) is 10.1 Å². The summed E-state index contributed by atoms with van der Waals surface area (Å²) >= 11 is 0. The zero-order valence-electron chi connectivity index (χ0n) is 18.5. The number of H-pyrrole nitrogens is 1. The number of benzene rings is 1. The molecule has 33 heavy (non-hydrogen) atoms. The lowest BCUT2D eigenvalue weighted by atomic mass is 10.1. The van der Waals surface area contributed by atoms with Crippen LogP contribution in [-0.4, -0.2) is 43.3 Å². The summed E-state index contributed by atoms with van der Waals surface area (Å²) < 4.78 is 1.80. The summed E-state index contributed by atoms with van der Waals surface area (Å²) in [4.78, 5) is 20.0. The number of aryl methyl sites for hydroxylation is 1. The van der Waals surface area contributed by atoms with Gasteiger partial charge in [-0.15, -0.1) is 5.10 Å². The first-order chi connectivity index (χ1) is 16.2. The van der Waals surface area contributed by atoms with E-state index in [0.717, 1.165) is 47.7 Å². The fourth-order valence-corrected chi connectivity index (χ4v) is 4.47. The summed E-state index contributed by atoms with van der Waals surface area (Å²) in [7, 11) is 0. The first kappa shape index (κ1) is 19.8. The molecule has 0 radical (unpaired) electrons. The van der Waals surface area contributed by atoms with Crippen LogP contribution in [0.5, 0.6) is 0 Å². The number of anilines is 4. The molecular weight excluding hydrogens is 416 g/mol. The molecule has 9 heteroatoms. The number of fused-ring (bicyclic) bond motifs is 1. The van der Waals surface area contributed by atoms with Crippen molar-refractivity contribution >= 4 is 34.7 Å². The highest BCUT2D eigenvalue weighted by molar-refractivity contribution is 5.97. The molecule has 2 fully saturated rings. The Kier molecular flexibility index (Phi) is 4.74. The molecule has 1 atom stereocenters. The third-order valence-corrected chi connectivity index (χ3v) is 6.46. The van der Waals surface area contributed by atoms with Crippen LogP contribution in [0, 0.1) is 6.92 Å². The van der Waals surface area contributed by atoms with Crippen LogP contribution >= 0.6 is 0 Å². The van der Waals surface area contributed by atoms with Crippen LogP contribution in [0.1, 0.15) is 42.9 Å². The van der Waals surface area contributed by atoms with Gasteiger partial charge < -0.3 is 15.5 Å². The number of carbonyl (C=O) groups excluding carboxylic acids is 1. The van der Waals surface area contributed by atoms with Crippen molar-refractivity contribution in [3.05, 3.63) is 59.9 Å². The average molecular weight is 443 g/mol. The molecule has 4 aromatic rings. The van der Waals surface area contributed by atoms with Crippen LogP contribution in [0.3, 0.4) is 0 Å². The fraction of sp³-hybridized carbons (Fsp3) is 0.333. The number of nitrogens with zero attached hydrogens (tertiary/aromatic N) is 5. The van der Waals surface area contributed by atoms with Gasteiger partial charge in [-0.2, -0.15) is 10.1 Å². The Morgan fingerprint density at radius 2 is 2.03 bits per heavy atom. The maximum atomic E-state index is 13.2. The highest BCUT2D eigenvalue weighted by atomic mass is 16.2. The third kappa shape index (κ3) is 3.79. The minimum absolute atomic E-state index is 0.0334. The van der Waals surface area contributed by atoms with Gasteiger partial charge in [-0.25, -0.2) is 4.52 Å². The molecule has 1 aliphatic heterocycles. The highest BCUT2D eigenvalue weighted by Crippen LogP contribution is 2.39. The van der Waals surface area contributed by atoms with Crippen LogP contribution < -0.4 is 15.5 Å². The third-order valence-electron chi connectivity index (χ3n) is 6.46. The normalized spacial score (nSPS) is 18.1. The van der Waals surface area contributed by atoms with Gasteiger partial charge in [-0.05, 0) is 56.4 Å². The number of aromatic amines is 1. The van der Waals surface area contributed by atoms with Crippen molar-refractivity contribution in [2.45, 2.75) is 44.6 Å². The molecule has 1 amide bonds. The van der Waals surface area contributed by atoms with Crippen molar-refractivity contribution in [2.75, 3.05) is 22.1 Å². The number of hydrogen-bond acceptors (Lipinski definition) is 6. The predicted octanol–water partition coefficient (Wildman–Crippen LogP) is 3.99. The van der Waals surface area contributed by atoms with Crippen molar-refractivity contribution in [3.63, 3.8) is 0 Å². The quantitative estimate of drug-likeness (QED) is 0.417. The molecule has 0 bridgehead atoms. The molecule has 6 rings (SSSR count). The van der Waals surface area contributed by atoms with Crippen LogP contribution in [-0.2, 0) is 4.79 Å². The molecule has 0 spiro atoms. The Bertz CT molecular complexity index is 1320. The number of carbonyl (C=O) groups is 1. The molecule has 3 aromatic heterocycles. The van der Waals surface area contributed by atoms with E-state index in [1.807, 2.05) is 60.5 Å². The maximum Gasteiger partial charge on any atom is 0.247 e. The lowest BCUT2D eigenvalue weighted by molar-refractivity contribution is -0.117. The number of para-hydroxylation sites is 1. The molecule has 9 nitrogen and oxygen atoms in total. The Labute approximate surface area is 191 Å². The first-order valence-corrected chi connectivity index (χ1v) is 11.5. The molecule has 1 saturated carbocycles. The second-order valence-electron chi connectivity index (χ2n) is 8.86. The van der Waals surface area contributed by atoms with Gasteiger partial charge in [0.1, 0.15) is 11.6 Å². The van der Waals surface area contributed by atoms with Gasteiger partial charge in [0, 0.05) is 36.1 Å². The number of nitrogens with one attached hydrogen (secondary N) is 3. The zero-order chi connectivity index (χ0) is 22.4. The lowest BCUT2D eigenvalue weighted by Gasteiger charge is -2.24. The van der Waals surface area contributed by atoms with Crippen molar-refractivity contribution < 1.29 is 4.79 Å². The van der Waals surface area contributed by atoms with Gasteiger partial charge in [0.25, 0.3) is 0 Å². The second-order valence-corrected chi connectivity index (χ2v) is 8.86. The average Bonchev–Trinajstić information content (AvgIpc) is 3.20. The van der Waals surface area contributed by atoms with Crippen LogP contribution in [0.15, 0.2) is 48.7 Å². The Balaban J connectivity index is 1.28. The molecular formula is C24H26N8O. The lowest BCUT2D eigenvalue weighted by Crippen LogP contribution is -2.41. The second kappa shape index (κ2) is 7.91. The van der Waals surface area contributed by atoms with Crippen molar-refractivity contribution in [1.29, 1.82) is 0 Å². The molecule has 1 unspecified atom stereocenters. The largest absolute Gasteiger partial charge is 0.327 e. The molecule has 168 valence electrons. The summed E-state index contributed by atoms with van der Waals surface area (Å²) in [5, 5.41) is 18.7. The monoisotopic (exact) mass is 442 g/mol. The summed E-state index contributed by atoms with van der Waals surface area (Å²) in [6.07, 6.45) is 5.99. The summed E-state index contributed by atoms with van der Waals surface area (Å²) in [5.41, 5.74) is 3.89. The highest BCUT2D eigenvalue weighted by Gasteiger charge is 2.33. The molecule has 1 saturated heterocycles. The summed E-state index contributed by atoms with van der Waals surface area (Å²) in [6, 6.07) is 13.4. The minimum atomic E-state index is -0.322. The van der Waals surface area contributed by atoms with Crippen LogP contribution in [0.2, 0.25) is 0 Å². The molecule has 2 aliphatic rings. The number of rotatable bonds is 6. The van der Waals surface area contributed by atoms with E-state index in [9.17, 15) is 4.79 Å². The van der Waals surface area contributed by atoms with Crippen molar-refractivity contribution in [1.82, 2.24) is 24.8 Å². The van der Waals surface area contributed by atoms with Gasteiger partial charge >= 0.3 is 0 Å². The van der Waals surface area contributed by atoms with Crippen molar-refractivity contribution in [3.8, 4) is 0 Å². The van der Waals surface area contributed by atoms with Crippen molar-refractivity contribution in [2.24, 2.45) is 0 Å². The summed E-state index contributed by atoms with van der Waals surface area (Å²) in [6.45, 7) is 2.72. The van der Waals surface area contributed by atoms with E-state index < -0.39 is 0 Å². The smallest absolute Gasteiger partial charge is 0.247 e. The Morgan fingerprint density at radius 3 is 2.88 bits per heavy atom. The Morgan fingerprint density at radius 1 is 1.15 bits per heavy atom. The summed E-state index contributed by atoms with van der Waals surface area (Å²) in [5.74, 6) is 2.50. The van der Waals surface area contributed by atoms with E-state index in [1.54, 1.807) is 4.52 Å². The van der Waals surface area contributed by atoms with Crippen LogP contribution in [0.25, 0.3) is 5.52 Å². The first-order valence-electron chi connectivity index (χ1n) is 11.5. The predicted molar refractivity (Wildman–Crippen MR) is 127 cm³/mol. The molecule has 3 N–H and O–H groups in total. The van der Waals surface area contributed by atoms with E-state index >= 15 is 0 Å². The minimum Gasteiger partial charge on any atom is -0.327 e. The van der Waals surface area contributed by atoms with Gasteiger partial charge in [-0.3, -0.25) is 9.89 Å². The topological polar surface area (TPSA) is 103 Å².